The van der Waals surface area contributed by atoms with Crippen molar-refractivity contribution in [3.05, 3.63) is 44.8 Å². The molecule has 1 N–H and O–H groups in total. The van der Waals surface area contributed by atoms with Crippen LogP contribution in [0.1, 0.15) is 23.0 Å². The molecule has 1 amide bonds. The van der Waals surface area contributed by atoms with Crippen LogP contribution in [0.4, 0.5) is 0 Å². The molecule has 5 heteroatoms. The van der Waals surface area contributed by atoms with Crippen molar-refractivity contribution in [2.24, 2.45) is 7.05 Å². The molecule has 0 aromatic carbocycles. The lowest BCUT2D eigenvalue weighted by atomic mass is 10.1. The van der Waals surface area contributed by atoms with Gasteiger partial charge >= 0.3 is 0 Å². The molecular formula is C13H15BrN2OS. The van der Waals surface area contributed by atoms with E-state index in [2.05, 4.69) is 38.1 Å². The van der Waals surface area contributed by atoms with Crippen LogP contribution in [0.15, 0.2) is 33.6 Å². The van der Waals surface area contributed by atoms with Crippen molar-refractivity contribution in [1.29, 1.82) is 0 Å². The summed E-state index contributed by atoms with van der Waals surface area (Å²) in [6.45, 7) is 2.02. The van der Waals surface area contributed by atoms with Crippen LogP contribution in [-0.4, -0.2) is 16.5 Å². The maximum Gasteiger partial charge on any atom is 0.268 e. The van der Waals surface area contributed by atoms with Crippen molar-refractivity contribution in [3.8, 4) is 0 Å². The van der Waals surface area contributed by atoms with Crippen molar-refractivity contribution in [2.45, 2.75) is 19.4 Å². The van der Waals surface area contributed by atoms with E-state index in [1.807, 2.05) is 30.8 Å². The van der Waals surface area contributed by atoms with Crippen LogP contribution in [-0.2, 0) is 13.5 Å². The second kappa shape index (κ2) is 5.71. The average Bonchev–Trinajstić information content (AvgIpc) is 2.88. The monoisotopic (exact) mass is 326 g/mol. The Morgan fingerprint density at radius 2 is 2.39 bits per heavy atom. The Hall–Kier alpha value is -1.07. The highest BCUT2D eigenvalue weighted by Gasteiger charge is 2.14. The van der Waals surface area contributed by atoms with Gasteiger partial charge in [-0.2, -0.15) is 11.3 Å². The molecule has 1 atom stereocenters. The van der Waals surface area contributed by atoms with Gasteiger partial charge in [-0.05, 0) is 57.7 Å². The minimum Gasteiger partial charge on any atom is -0.348 e. The molecule has 2 rings (SSSR count). The van der Waals surface area contributed by atoms with Crippen LogP contribution < -0.4 is 5.32 Å². The highest BCUT2D eigenvalue weighted by atomic mass is 79.9. The van der Waals surface area contributed by atoms with Crippen molar-refractivity contribution >= 4 is 33.2 Å². The molecule has 0 saturated heterocycles. The van der Waals surface area contributed by atoms with Gasteiger partial charge in [0.25, 0.3) is 5.91 Å². The maximum atomic E-state index is 12.1. The number of thiophene rings is 1. The van der Waals surface area contributed by atoms with E-state index in [1.165, 1.54) is 5.56 Å². The Balaban J connectivity index is 1.97. The van der Waals surface area contributed by atoms with Gasteiger partial charge < -0.3 is 9.88 Å². The first-order chi connectivity index (χ1) is 8.56. The quantitative estimate of drug-likeness (QED) is 0.919. The molecule has 0 saturated carbocycles. The fourth-order valence-corrected chi connectivity index (χ4v) is 3.07. The van der Waals surface area contributed by atoms with Gasteiger partial charge in [-0.15, -0.1) is 0 Å². The smallest absolute Gasteiger partial charge is 0.268 e. The molecule has 2 aromatic rings. The molecule has 3 nitrogen and oxygen atoms in total. The predicted molar refractivity (Wildman–Crippen MR) is 78.1 cm³/mol. The zero-order chi connectivity index (χ0) is 13.1. The van der Waals surface area contributed by atoms with Gasteiger partial charge in [0, 0.05) is 23.8 Å². The van der Waals surface area contributed by atoms with Crippen molar-refractivity contribution in [2.75, 3.05) is 0 Å². The fourth-order valence-electron chi connectivity index (χ4n) is 1.86. The van der Waals surface area contributed by atoms with Gasteiger partial charge in [0.1, 0.15) is 5.69 Å². The van der Waals surface area contributed by atoms with E-state index in [1.54, 1.807) is 11.3 Å². The molecule has 0 spiro atoms. The number of carbonyl (C=O) groups excluding carboxylic acids is 1. The number of nitrogens with one attached hydrogen (secondary N) is 1. The van der Waals surface area contributed by atoms with Gasteiger partial charge in [0.15, 0.2) is 0 Å². The lowest BCUT2D eigenvalue weighted by Crippen LogP contribution is -2.34. The third kappa shape index (κ3) is 3.23. The number of carbonyl (C=O) groups is 1. The first-order valence-corrected chi connectivity index (χ1v) is 7.43. The second-order valence-electron chi connectivity index (χ2n) is 4.36. The minimum absolute atomic E-state index is 0.0362. The van der Waals surface area contributed by atoms with Crippen LogP contribution >= 0.6 is 27.3 Å². The maximum absolute atomic E-state index is 12.1. The number of aryl methyl sites for hydroxylation is 1. The summed E-state index contributed by atoms with van der Waals surface area (Å²) in [5.74, 6) is -0.0362. The summed E-state index contributed by atoms with van der Waals surface area (Å²) in [6.07, 6.45) is 2.74. The van der Waals surface area contributed by atoms with Gasteiger partial charge in [0.05, 0.1) is 0 Å². The summed E-state index contributed by atoms with van der Waals surface area (Å²) in [5, 5.41) is 7.18. The van der Waals surface area contributed by atoms with E-state index in [-0.39, 0.29) is 11.9 Å². The summed E-state index contributed by atoms with van der Waals surface area (Å²) < 4.78 is 2.73. The molecule has 2 heterocycles. The van der Waals surface area contributed by atoms with Gasteiger partial charge in [-0.25, -0.2) is 0 Å². The van der Waals surface area contributed by atoms with Crippen molar-refractivity contribution in [1.82, 2.24) is 9.88 Å². The van der Waals surface area contributed by atoms with Crippen LogP contribution in [0.25, 0.3) is 0 Å². The highest BCUT2D eigenvalue weighted by molar-refractivity contribution is 9.10. The number of amides is 1. The van der Waals surface area contributed by atoms with E-state index in [0.29, 0.717) is 5.69 Å². The third-order valence-electron chi connectivity index (χ3n) is 2.70. The summed E-state index contributed by atoms with van der Waals surface area (Å²) in [5.41, 5.74) is 1.93. The van der Waals surface area contributed by atoms with Crippen molar-refractivity contribution in [3.63, 3.8) is 0 Å². The predicted octanol–water partition coefficient (Wildman–Crippen LogP) is 3.21. The normalized spacial score (nSPS) is 12.4. The van der Waals surface area contributed by atoms with Gasteiger partial charge in [0.2, 0.25) is 0 Å². The first-order valence-electron chi connectivity index (χ1n) is 5.70. The highest BCUT2D eigenvalue weighted by Crippen LogP contribution is 2.14. The Bertz CT molecular complexity index is 533. The molecule has 96 valence electrons. The molecule has 0 aliphatic rings. The third-order valence-corrected chi connectivity index (χ3v) is 3.87. The Morgan fingerprint density at radius 3 is 2.94 bits per heavy atom. The molecule has 0 fully saturated rings. The zero-order valence-corrected chi connectivity index (χ0v) is 12.7. The first kappa shape index (κ1) is 13.4. The Labute approximate surface area is 119 Å². The van der Waals surface area contributed by atoms with Crippen LogP contribution in [0.2, 0.25) is 0 Å². The van der Waals surface area contributed by atoms with E-state index >= 15 is 0 Å². The lowest BCUT2D eigenvalue weighted by Gasteiger charge is -2.13. The standard InChI is InChI=1S/C13H15BrN2OS/c1-9(5-10-3-4-18-8-10)15-13(17)12-6-11(14)7-16(12)2/h3-4,6-9H,5H2,1-2H3,(H,15,17). The largest absolute Gasteiger partial charge is 0.348 e. The second-order valence-corrected chi connectivity index (χ2v) is 6.06. The van der Waals surface area contributed by atoms with Crippen LogP contribution in [0.3, 0.4) is 0 Å². The molecule has 0 aliphatic carbocycles. The molecule has 0 aliphatic heterocycles. The lowest BCUT2D eigenvalue weighted by molar-refractivity contribution is 0.0932. The van der Waals surface area contributed by atoms with Crippen molar-refractivity contribution < 1.29 is 4.79 Å². The average molecular weight is 327 g/mol. The van der Waals surface area contributed by atoms with Gasteiger partial charge in [-0.3, -0.25) is 4.79 Å². The molecular weight excluding hydrogens is 312 g/mol. The number of aromatic nitrogens is 1. The number of halogens is 1. The van der Waals surface area contributed by atoms with E-state index in [4.69, 9.17) is 0 Å². The topological polar surface area (TPSA) is 34.0 Å². The number of hydrogen-bond donors (Lipinski definition) is 1. The van der Waals surface area contributed by atoms with Crippen LogP contribution in [0, 0.1) is 0 Å². The summed E-state index contributed by atoms with van der Waals surface area (Å²) in [4.78, 5) is 12.1. The SMILES string of the molecule is CC(Cc1ccsc1)NC(=O)c1cc(Br)cn1C. The number of hydrogen-bond acceptors (Lipinski definition) is 2. The number of nitrogens with zero attached hydrogens (tertiary/aromatic N) is 1. The summed E-state index contributed by atoms with van der Waals surface area (Å²) in [6, 6.07) is 4.04. The fraction of sp³-hybridized carbons (Fsp3) is 0.308. The zero-order valence-electron chi connectivity index (χ0n) is 10.3. The Kier molecular flexibility index (Phi) is 4.24. The molecule has 18 heavy (non-hydrogen) atoms. The summed E-state index contributed by atoms with van der Waals surface area (Å²) >= 11 is 5.05. The molecule has 0 radical (unpaired) electrons. The van der Waals surface area contributed by atoms with E-state index in [9.17, 15) is 4.79 Å². The molecule has 2 aromatic heterocycles. The van der Waals surface area contributed by atoms with Gasteiger partial charge in [-0.1, -0.05) is 0 Å². The van der Waals surface area contributed by atoms with E-state index < -0.39 is 0 Å². The number of rotatable bonds is 4. The summed E-state index contributed by atoms with van der Waals surface area (Å²) in [7, 11) is 1.86. The van der Waals surface area contributed by atoms with E-state index in [0.717, 1.165) is 10.9 Å². The van der Waals surface area contributed by atoms with Crippen LogP contribution in [0.5, 0.6) is 0 Å². The molecule has 0 bridgehead atoms. The molecule has 1 unspecified atom stereocenters. The Morgan fingerprint density at radius 1 is 1.61 bits per heavy atom. The minimum atomic E-state index is -0.0362.